The van der Waals surface area contributed by atoms with Gasteiger partial charge in [-0.25, -0.2) is 0 Å². The fourth-order valence-electron chi connectivity index (χ4n) is 1.95. The minimum atomic E-state index is -0.222. The van der Waals surface area contributed by atoms with Crippen molar-refractivity contribution in [2.45, 2.75) is 20.4 Å². The van der Waals surface area contributed by atoms with Gasteiger partial charge in [-0.1, -0.05) is 44.2 Å². The Morgan fingerprint density at radius 2 is 2.04 bits per heavy atom. The Morgan fingerprint density at radius 3 is 2.71 bits per heavy atom. The fraction of sp³-hybridized carbons (Fsp3) is 0.263. The van der Waals surface area contributed by atoms with Crippen LogP contribution in [-0.4, -0.2) is 17.5 Å². The number of aromatic amines is 1. The SMILES string of the molecule is CC(C)COc1c[nH]c(CNC(=O)/C=C/c2ccccc2)cc1=O. The third-order valence-electron chi connectivity index (χ3n) is 3.19. The van der Waals surface area contributed by atoms with E-state index in [0.717, 1.165) is 5.56 Å². The highest BCUT2D eigenvalue weighted by molar-refractivity contribution is 5.91. The van der Waals surface area contributed by atoms with Crippen molar-refractivity contribution in [2.24, 2.45) is 5.92 Å². The molecular formula is C19H22N2O3. The number of ether oxygens (including phenoxy) is 1. The van der Waals surface area contributed by atoms with E-state index in [2.05, 4.69) is 10.3 Å². The summed E-state index contributed by atoms with van der Waals surface area (Å²) in [6.45, 7) is 4.77. The number of aromatic nitrogens is 1. The van der Waals surface area contributed by atoms with Gasteiger partial charge in [0.15, 0.2) is 5.75 Å². The molecule has 0 atom stereocenters. The Bertz CT molecular complexity index is 749. The van der Waals surface area contributed by atoms with Crippen molar-refractivity contribution in [1.29, 1.82) is 0 Å². The smallest absolute Gasteiger partial charge is 0.244 e. The summed E-state index contributed by atoms with van der Waals surface area (Å²) in [7, 11) is 0. The largest absolute Gasteiger partial charge is 0.488 e. The average molecular weight is 326 g/mol. The van der Waals surface area contributed by atoms with Gasteiger partial charge in [0.25, 0.3) is 0 Å². The molecule has 0 aliphatic heterocycles. The van der Waals surface area contributed by atoms with Gasteiger partial charge >= 0.3 is 0 Å². The summed E-state index contributed by atoms with van der Waals surface area (Å²) in [4.78, 5) is 26.7. The number of carbonyl (C=O) groups is 1. The van der Waals surface area contributed by atoms with Gasteiger partial charge in [0, 0.05) is 24.0 Å². The summed E-state index contributed by atoms with van der Waals surface area (Å²) in [5.41, 5.74) is 1.38. The van der Waals surface area contributed by atoms with Crippen molar-refractivity contribution in [3.05, 3.63) is 70.2 Å². The number of H-pyrrole nitrogens is 1. The minimum absolute atomic E-state index is 0.196. The number of hydrogen-bond donors (Lipinski definition) is 2. The van der Waals surface area contributed by atoms with Gasteiger partial charge in [-0.3, -0.25) is 9.59 Å². The highest BCUT2D eigenvalue weighted by Crippen LogP contribution is 2.05. The van der Waals surface area contributed by atoms with Crippen LogP contribution in [0.1, 0.15) is 25.1 Å². The van der Waals surface area contributed by atoms with Gasteiger partial charge < -0.3 is 15.0 Å². The molecular weight excluding hydrogens is 304 g/mol. The molecule has 2 aromatic rings. The quantitative estimate of drug-likeness (QED) is 0.769. The molecule has 2 rings (SSSR count). The van der Waals surface area contributed by atoms with Gasteiger partial charge in [-0.05, 0) is 17.6 Å². The number of rotatable bonds is 7. The number of hydrogen-bond acceptors (Lipinski definition) is 3. The lowest BCUT2D eigenvalue weighted by molar-refractivity contribution is -0.116. The summed E-state index contributed by atoms with van der Waals surface area (Å²) in [6, 6.07) is 11.0. The van der Waals surface area contributed by atoms with Crippen molar-refractivity contribution < 1.29 is 9.53 Å². The second-order valence-electron chi connectivity index (χ2n) is 5.85. The van der Waals surface area contributed by atoms with E-state index in [-0.39, 0.29) is 17.9 Å². The summed E-state index contributed by atoms with van der Waals surface area (Å²) >= 11 is 0. The van der Waals surface area contributed by atoms with Gasteiger partial charge in [0.05, 0.1) is 13.2 Å². The summed E-state index contributed by atoms with van der Waals surface area (Å²) in [5, 5.41) is 2.73. The normalized spacial score (nSPS) is 11.0. The molecule has 1 amide bonds. The van der Waals surface area contributed by atoms with Gasteiger partial charge in [-0.15, -0.1) is 0 Å². The molecule has 5 heteroatoms. The van der Waals surface area contributed by atoms with Gasteiger partial charge in [-0.2, -0.15) is 0 Å². The van der Waals surface area contributed by atoms with Crippen LogP contribution < -0.4 is 15.5 Å². The predicted molar refractivity (Wildman–Crippen MR) is 94.7 cm³/mol. The molecule has 1 aromatic heterocycles. The van der Waals surface area contributed by atoms with E-state index < -0.39 is 0 Å². The zero-order chi connectivity index (χ0) is 17.4. The Balaban J connectivity index is 1.87. The van der Waals surface area contributed by atoms with Crippen LogP contribution >= 0.6 is 0 Å². The number of amides is 1. The van der Waals surface area contributed by atoms with Crippen molar-refractivity contribution in [1.82, 2.24) is 10.3 Å². The maximum Gasteiger partial charge on any atom is 0.244 e. The number of pyridine rings is 1. The molecule has 5 nitrogen and oxygen atoms in total. The zero-order valence-electron chi connectivity index (χ0n) is 13.9. The summed E-state index contributed by atoms with van der Waals surface area (Å²) in [6.07, 6.45) is 4.74. The van der Waals surface area contributed by atoms with E-state index in [1.54, 1.807) is 6.08 Å². The van der Waals surface area contributed by atoms with E-state index >= 15 is 0 Å². The molecule has 1 aromatic carbocycles. The molecule has 0 fully saturated rings. The van der Waals surface area contributed by atoms with E-state index in [0.29, 0.717) is 24.0 Å². The minimum Gasteiger partial charge on any atom is -0.488 e. The Hall–Kier alpha value is -2.82. The molecule has 0 spiro atoms. The molecule has 0 aliphatic carbocycles. The second-order valence-corrected chi connectivity index (χ2v) is 5.85. The van der Waals surface area contributed by atoms with Crippen LogP contribution in [0.4, 0.5) is 0 Å². The molecule has 0 aliphatic rings. The first-order valence-corrected chi connectivity index (χ1v) is 7.90. The van der Waals surface area contributed by atoms with E-state index in [1.165, 1.54) is 18.3 Å². The van der Waals surface area contributed by atoms with Crippen LogP contribution in [0.2, 0.25) is 0 Å². The van der Waals surface area contributed by atoms with Crippen LogP contribution in [0.15, 0.2) is 53.5 Å². The van der Waals surface area contributed by atoms with Crippen molar-refractivity contribution >= 4 is 12.0 Å². The average Bonchev–Trinajstić information content (AvgIpc) is 2.58. The molecule has 0 saturated heterocycles. The first kappa shape index (κ1) is 17.5. The van der Waals surface area contributed by atoms with E-state index in [9.17, 15) is 9.59 Å². The first-order chi connectivity index (χ1) is 11.5. The maximum atomic E-state index is 11.9. The summed E-state index contributed by atoms with van der Waals surface area (Å²) in [5.74, 6) is 0.419. The highest BCUT2D eigenvalue weighted by Gasteiger charge is 2.04. The number of carbonyl (C=O) groups excluding carboxylic acids is 1. The van der Waals surface area contributed by atoms with E-state index in [1.807, 2.05) is 44.2 Å². The summed E-state index contributed by atoms with van der Waals surface area (Å²) < 4.78 is 5.42. The van der Waals surface area contributed by atoms with Crippen molar-refractivity contribution in [3.63, 3.8) is 0 Å². The van der Waals surface area contributed by atoms with Crippen LogP contribution in [0.3, 0.4) is 0 Å². The van der Waals surface area contributed by atoms with Crippen molar-refractivity contribution in [3.8, 4) is 5.75 Å². The standard InChI is InChI=1S/C19H22N2O3/c1-14(2)13-24-18-12-20-16(10-17(18)22)11-21-19(23)9-8-15-6-4-3-5-7-15/h3-10,12,14H,11,13H2,1-2H3,(H,20,22)(H,21,23)/b9-8+. The Morgan fingerprint density at radius 1 is 1.29 bits per heavy atom. The van der Waals surface area contributed by atoms with Crippen LogP contribution in [0, 0.1) is 5.92 Å². The van der Waals surface area contributed by atoms with Crippen LogP contribution in [-0.2, 0) is 11.3 Å². The molecule has 2 N–H and O–H groups in total. The number of nitrogens with one attached hydrogen (secondary N) is 2. The van der Waals surface area contributed by atoms with Crippen LogP contribution in [0.5, 0.6) is 5.75 Å². The monoisotopic (exact) mass is 326 g/mol. The van der Waals surface area contributed by atoms with Gasteiger partial charge in [0.1, 0.15) is 0 Å². The molecule has 0 bridgehead atoms. The highest BCUT2D eigenvalue weighted by atomic mass is 16.5. The lowest BCUT2D eigenvalue weighted by atomic mass is 10.2. The van der Waals surface area contributed by atoms with Crippen LogP contribution in [0.25, 0.3) is 6.08 Å². The van der Waals surface area contributed by atoms with E-state index in [4.69, 9.17) is 4.74 Å². The van der Waals surface area contributed by atoms with Gasteiger partial charge in [0.2, 0.25) is 11.3 Å². The lowest BCUT2D eigenvalue weighted by Gasteiger charge is -2.08. The third kappa shape index (κ3) is 5.76. The molecule has 1 heterocycles. The third-order valence-corrected chi connectivity index (χ3v) is 3.19. The topological polar surface area (TPSA) is 71.2 Å². The molecule has 0 radical (unpaired) electrons. The maximum absolute atomic E-state index is 11.9. The predicted octanol–water partition coefficient (Wildman–Crippen LogP) is 2.74. The lowest BCUT2D eigenvalue weighted by Crippen LogP contribution is -2.22. The molecule has 0 unspecified atom stereocenters. The Kier molecular flexibility index (Phi) is 6.37. The molecule has 126 valence electrons. The number of benzene rings is 1. The zero-order valence-corrected chi connectivity index (χ0v) is 13.9. The molecule has 0 saturated carbocycles. The Labute approximate surface area is 141 Å². The second kappa shape index (κ2) is 8.72. The van der Waals surface area contributed by atoms with Crippen molar-refractivity contribution in [2.75, 3.05) is 6.61 Å². The first-order valence-electron chi connectivity index (χ1n) is 7.90. The molecule has 24 heavy (non-hydrogen) atoms. The fourth-order valence-corrected chi connectivity index (χ4v) is 1.95.